The van der Waals surface area contributed by atoms with Crippen LogP contribution in [0, 0.1) is 11.8 Å². The van der Waals surface area contributed by atoms with Gasteiger partial charge in [-0.25, -0.2) is 0 Å². The topological polar surface area (TPSA) is 34.1 Å². The molecule has 4 heteroatoms. The molecular weight excluding hydrogens is 262 g/mol. The van der Waals surface area contributed by atoms with Gasteiger partial charge in [-0.15, -0.1) is 17.2 Å². The first-order valence-corrected chi connectivity index (χ1v) is 9.79. The first-order chi connectivity index (χ1) is 8.85. The van der Waals surface area contributed by atoms with Crippen molar-refractivity contribution < 1.29 is 9.59 Å². The van der Waals surface area contributed by atoms with Crippen molar-refractivity contribution in [1.29, 1.82) is 0 Å². The Kier molecular flexibility index (Phi) is 6.25. The zero-order valence-electron chi connectivity index (χ0n) is 10.9. The minimum atomic E-state index is 0.362. The summed E-state index contributed by atoms with van der Waals surface area (Å²) in [4.78, 5) is 21.8. The minimum Gasteiger partial charge on any atom is -0.303 e. The van der Waals surface area contributed by atoms with Crippen LogP contribution in [0.5, 0.6) is 0 Å². The summed E-state index contributed by atoms with van der Waals surface area (Å²) in [7, 11) is 1.95. The van der Waals surface area contributed by atoms with Crippen LogP contribution in [0.3, 0.4) is 0 Å². The maximum absolute atomic E-state index is 10.9. The number of hydrogen-bond donors (Lipinski definition) is 0. The summed E-state index contributed by atoms with van der Waals surface area (Å²) in [6.07, 6.45) is 12.2. The van der Waals surface area contributed by atoms with Gasteiger partial charge in [0.1, 0.15) is 12.6 Å². The van der Waals surface area contributed by atoms with E-state index in [0.29, 0.717) is 23.2 Å². The molecule has 0 aromatic carbocycles. The van der Waals surface area contributed by atoms with Gasteiger partial charge < -0.3 is 9.59 Å². The SMILES string of the molecule is O=CC1CCCC1PCCPC1CCCC1C=O. The predicted octanol–water partition coefficient (Wildman–Crippen LogP) is 3.08. The highest BCUT2D eigenvalue weighted by Gasteiger charge is 2.28. The van der Waals surface area contributed by atoms with Crippen molar-refractivity contribution in [3.05, 3.63) is 0 Å². The number of hydrogen-bond acceptors (Lipinski definition) is 2. The Hall–Kier alpha value is 0.200. The van der Waals surface area contributed by atoms with E-state index >= 15 is 0 Å². The van der Waals surface area contributed by atoms with Gasteiger partial charge in [-0.3, -0.25) is 0 Å². The van der Waals surface area contributed by atoms with Crippen LogP contribution >= 0.6 is 17.2 Å². The molecule has 0 aromatic heterocycles. The first kappa shape index (κ1) is 14.6. The third-order valence-electron chi connectivity index (χ3n) is 4.43. The molecule has 0 N–H and O–H groups in total. The van der Waals surface area contributed by atoms with E-state index in [4.69, 9.17) is 0 Å². The van der Waals surface area contributed by atoms with Gasteiger partial charge in [0, 0.05) is 11.8 Å². The summed E-state index contributed by atoms with van der Waals surface area (Å²) in [5.41, 5.74) is 1.38. The van der Waals surface area contributed by atoms with Crippen LogP contribution in [0.15, 0.2) is 0 Å². The number of aldehydes is 2. The van der Waals surface area contributed by atoms with Crippen LogP contribution in [0.1, 0.15) is 38.5 Å². The normalized spacial score (nSPS) is 37.1. The van der Waals surface area contributed by atoms with Crippen molar-refractivity contribution in [2.75, 3.05) is 12.3 Å². The van der Waals surface area contributed by atoms with Gasteiger partial charge in [0.2, 0.25) is 0 Å². The minimum absolute atomic E-state index is 0.362. The molecule has 2 rings (SSSR count). The highest BCUT2D eigenvalue weighted by Crippen LogP contribution is 2.41. The lowest BCUT2D eigenvalue weighted by Crippen LogP contribution is -2.12. The molecule has 0 bridgehead atoms. The Morgan fingerprint density at radius 3 is 1.61 bits per heavy atom. The molecule has 0 radical (unpaired) electrons. The molecule has 0 saturated heterocycles. The van der Waals surface area contributed by atoms with Gasteiger partial charge in [0.25, 0.3) is 0 Å². The second-order valence-electron chi connectivity index (χ2n) is 5.58. The van der Waals surface area contributed by atoms with Crippen LogP contribution in [-0.4, -0.2) is 36.2 Å². The van der Waals surface area contributed by atoms with Crippen LogP contribution in [0.25, 0.3) is 0 Å². The molecule has 0 aromatic rings. The summed E-state index contributed by atoms with van der Waals surface area (Å²) in [5, 5.41) is 0. The summed E-state index contributed by atoms with van der Waals surface area (Å²) in [5.74, 6) is 0.724. The summed E-state index contributed by atoms with van der Waals surface area (Å²) in [6, 6.07) is 0. The third kappa shape index (κ3) is 3.84. The molecule has 102 valence electrons. The van der Waals surface area contributed by atoms with E-state index in [1.807, 2.05) is 0 Å². The highest BCUT2D eigenvalue weighted by molar-refractivity contribution is 7.43. The number of carbonyl (C=O) groups is 2. The molecule has 0 spiro atoms. The maximum Gasteiger partial charge on any atom is 0.123 e. The van der Waals surface area contributed by atoms with Gasteiger partial charge in [0.15, 0.2) is 0 Å². The van der Waals surface area contributed by atoms with E-state index in [-0.39, 0.29) is 0 Å². The molecule has 2 fully saturated rings. The fourth-order valence-corrected chi connectivity index (χ4v) is 7.13. The monoisotopic (exact) mass is 286 g/mol. The van der Waals surface area contributed by atoms with E-state index < -0.39 is 0 Å². The predicted molar refractivity (Wildman–Crippen MR) is 80.8 cm³/mol. The molecule has 6 unspecified atom stereocenters. The largest absolute Gasteiger partial charge is 0.303 e. The fraction of sp³-hybridized carbons (Fsp3) is 0.857. The summed E-state index contributed by atoms with van der Waals surface area (Å²) >= 11 is 0. The standard InChI is InChI=1S/C14H24O2P2/c15-9-11-3-1-5-13(11)17-7-8-18-14-6-2-4-12(14)10-16/h9-14,17-18H,1-8H2. The van der Waals surface area contributed by atoms with E-state index in [9.17, 15) is 9.59 Å². The van der Waals surface area contributed by atoms with Crippen LogP contribution in [0.4, 0.5) is 0 Å². The maximum atomic E-state index is 10.9. The van der Waals surface area contributed by atoms with E-state index in [2.05, 4.69) is 0 Å². The van der Waals surface area contributed by atoms with Crippen molar-refractivity contribution in [2.24, 2.45) is 11.8 Å². The van der Waals surface area contributed by atoms with Crippen molar-refractivity contribution in [3.8, 4) is 0 Å². The zero-order valence-corrected chi connectivity index (χ0v) is 12.9. The molecule has 6 atom stereocenters. The average molecular weight is 286 g/mol. The van der Waals surface area contributed by atoms with E-state index in [1.54, 1.807) is 0 Å². The zero-order chi connectivity index (χ0) is 12.8. The fourth-order valence-electron chi connectivity index (χ4n) is 3.33. The van der Waals surface area contributed by atoms with Gasteiger partial charge in [0.05, 0.1) is 0 Å². The number of carbonyl (C=O) groups excluding carboxylic acids is 2. The van der Waals surface area contributed by atoms with Gasteiger partial charge >= 0.3 is 0 Å². The van der Waals surface area contributed by atoms with E-state index in [1.165, 1.54) is 50.6 Å². The lowest BCUT2D eigenvalue weighted by atomic mass is 10.1. The molecule has 2 aliphatic carbocycles. The lowest BCUT2D eigenvalue weighted by molar-refractivity contribution is -0.111. The Labute approximate surface area is 114 Å². The van der Waals surface area contributed by atoms with Crippen molar-refractivity contribution in [3.63, 3.8) is 0 Å². The first-order valence-electron chi connectivity index (χ1n) is 7.22. The van der Waals surface area contributed by atoms with E-state index in [0.717, 1.165) is 30.0 Å². The molecule has 0 amide bonds. The Bertz CT molecular complexity index is 255. The Morgan fingerprint density at radius 2 is 1.22 bits per heavy atom. The van der Waals surface area contributed by atoms with Crippen molar-refractivity contribution >= 4 is 29.7 Å². The van der Waals surface area contributed by atoms with Gasteiger partial charge in [-0.05, 0) is 49.3 Å². The molecule has 18 heavy (non-hydrogen) atoms. The second kappa shape index (κ2) is 7.71. The van der Waals surface area contributed by atoms with Crippen molar-refractivity contribution in [2.45, 2.75) is 49.8 Å². The van der Waals surface area contributed by atoms with Crippen LogP contribution in [0.2, 0.25) is 0 Å². The van der Waals surface area contributed by atoms with Crippen LogP contribution in [-0.2, 0) is 9.59 Å². The molecule has 2 aliphatic rings. The van der Waals surface area contributed by atoms with Gasteiger partial charge in [-0.2, -0.15) is 0 Å². The molecule has 2 nitrogen and oxygen atoms in total. The Balaban J connectivity index is 1.61. The average Bonchev–Trinajstić information content (AvgIpc) is 3.02. The molecule has 0 aliphatic heterocycles. The van der Waals surface area contributed by atoms with Gasteiger partial charge in [-0.1, -0.05) is 12.8 Å². The van der Waals surface area contributed by atoms with Crippen LogP contribution < -0.4 is 0 Å². The molecular formula is C14H24O2P2. The Morgan fingerprint density at radius 1 is 0.778 bits per heavy atom. The molecule has 2 saturated carbocycles. The smallest absolute Gasteiger partial charge is 0.123 e. The second-order valence-corrected chi connectivity index (χ2v) is 8.88. The summed E-state index contributed by atoms with van der Waals surface area (Å²) in [6.45, 7) is 0. The number of rotatable bonds is 7. The summed E-state index contributed by atoms with van der Waals surface area (Å²) < 4.78 is 0. The highest BCUT2D eigenvalue weighted by atomic mass is 31.1. The molecule has 0 heterocycles. The third-order valence-corrected chi connectivity index (χ3v) is 8.49. The lowest BCUT2D eigenvalue weighted by Gasteiger charge is -2.17. The van der Waals surface area contributed by atoms with Crippen molar-refractivity contribution in [1.82, 2.24) is 0 Å². The quantitative estimate of drug-likeness (QED) is 0.409.